The summed E-state index contributed by atoms with van der Waals surface area (Å²) in [4.78, 5) is 3.89. The van der Waals surface area contributed by atoms with Crippen LogP contribution >= 0.6 is 34.8 Å². The largest absolute Gasteiger partial charge is 0.258 e. The Kier molecular flexibility index (Phi) is 2.40. The van der Waals surface area contributed by atoms with E-state index in [2.05, 4.69) is 4.98 Å². The van der Waals surface area contributed by atoms with Crippen LogP contribution in [0.4, 0.5) is 0 Å². The molecular weight excluding hydrogens is 192 g/mol. The molecule has 0 fully saturated rings. The van der Waals surface area contributed by atoms with Crippen LogP contribution < -0.4 is 0 Å². The van der Waals surface area contributed by atoms with Gasteiger partial charge in [-0.2, -0.15) is 0 Å². The lowest BCUT2D eigenvalue weighted by Crippen LogP contribution is -1.82. The Balaban J connectivity index is 3.34. The van der Waals surface area contributed by atoms with Crippen LogP contribution in [0.3, 0.4) is 0 Å². The zero-order valence-corrected chi connectivity index (χ0v) is 7.43. The molecule has 0 atom stereocenters. The van der Waals surface area contributed by atoms with Crippen molar-refractivity contribution in [1.82, 2.24) is 4.98 Å². The summed E-state index contributed by atoms with van der Waals surface area (Å²) in [5.41, 5.74) is 0.691. The highest BCUT2D eigenvalue weighted by Gasteiger charge is 2.05. The average Bonchev–Trinajstić information content (AvgIpc) is 1.93. The Bertz CT molecular complexity index is 232. The van der Waals surface area contributed by atoms with Gasteiger partial charge in [0.15, 0.2) is 0 Å². The van der Waals surface area contributed by atoms with Gasteiger partial charge in [-0.1, -0.05) is 34.8 Å². The second kappa shape index (κ2) is 2.95. The number of halogens is 3. The minimum Gasteiger partial charge on any atom is -0.258 e. The van der Waals surface area contributed by atoms with Crippen molar-refractivity contribution in [1.29, 1.82) is 0 Å². The molecule has 0 aliphatic rings. The van der Waals surface area contributed by atoms with Crippen molar-refractivity contribution < 1.29 is 0 Å². The summed E-state index contributed by atoms with van der Waals surface area (Å²) in [5, 5.41) is 1.18. The monoisotopic (exact) mass is 195 g/mol. The molecule has 0 aliphatic carbocycles. The Morgan fingerprint density at radius 3 is 2.30 bits per heavy atom. The summed E-state index contributed by atoms with van der Waals surface area (Å²) in [6, 6.07) is 0. The Labute approximate surface area is 73.9 Å². The molecule has 54 valence electrons. The number of pyridine rings is 1. The van der Waals surface area contributed by atoms with E-state index in [-0.39, 0.29) is 0 Å². The maximum atomic E-state index is 5.70. The van der Waals surface area contributed by atoms with Crippen LogP contribution in [0.2, 0.25) is 15.1 Å². The highest BCUT2D eigenvalue weighted by atomic mass is 35.5. The van der Waals surface area contributed by atoms with E-state index >= 15 is 0 Å². The minimum absolute atomic E-state index is 0.371. The Hall–Kier alpha value is 0.0200. The third-order valence-electron chi connectivity index (χ3n) is 1.09. The smallest absolute Gasteiger partial charge is 0.0819 e. The lowest BCUT2D eigenvalue weighted by molar-refractivity contribution is 1.20. The van der Waals surface area contributed by atoms with E-state index in [9.17, 15) is 0 Å². The fourth-order valence-corrected chi connectivity index (χ4v) is 1.06. The van der Waals surface area contributed by atoms with E-state index in [1.807, 2.05) is 0 Å². The summed E-state index contributed by atoms with van der Waals surface area (Å²) in [5.74, 6) is 0. The predicted molar refractivity (Wildman–Crippen MR) is 44.0 cm³/mol. The topological polar surface area (TPSA) is 12.9 Å². The fourth-order valence-electron chi connectivity index (χ4n) is 0.531. The molecule has 4 heteroatoms. The molecule has 0 aliphatic heterocycles. The van der Waals surface area contributed by atoms with Crippen LogP contribution in [-0.4, -0.2) is 4.98 Å². The highest BCUT2D eigenvalue weighted by molar-refractivity contribution is 6.48. The molecule has 1 rings (SSSR count). The van der Waals surface area contributed by atoms with Crippen molar-refractivity contribution in [3.05, 3.63) is 27.0 Å². The number of rotatable bonds is 0. The van der Waals surface area contributed by atoms with Gasteiger partial charge in [0.05, 0.1) is 20.8 Å². The van der Waals surface area contributed by atoms with Gasteiger partial charge < -0.3 is 0 Å². The van der Waals surface area contributed by atoms with Crippen molar-refractivity contribution in [2.45, 2.75) is 6.92 Å². The summed E-state index contributed by atoms with van der Waals surface area (Å²) in [7, 11) is 0. The fraction of sp³-hybridized carbons (Fsp3) is 0.167. The van der Waals surface area contributed by atoms with Crippen LogP contribution in [0.5, 0.6) is 0 Å². The number of aryl methyl sites for hydroxylation is 1. The summed E-state index contributed by atoms with van der Waals surface area (Å²) < 4.78 is 0. The zero-order chi connectivity index (χ0) is 7.72. The summed E-state index contributed by atoms with van der Waals surface area (Å²) in [6.07, 6.45) is 1.48. The molecule has 0 bridgehead atoms. The molecule has 0 saturated heterocycles. The Morgan fingerprint density at radius 2 is 1.80 bits per heavy atom. The van der Waals surface area contributed by atoms with Crippen LogP contribution in [0.15, 0.2) is 6.20 Å². The van der Waals surface area contributed by atoms with Crippen LogP contribution in [0.1, 0.15) is 5.69 Å². The molecule has 1 aromatic rings. The van der Waals surface area contributed by atoms with Crippen LogP contribution in [-0.2, 0) is 0 Å². The molecule has 0 unspecified atom stereocenters. The molecule has 0 radical (unpaired) electrons. The average molecular weight is 196 g/mol. The standard InChI is InChI=1S/C6H4Cl3N/c1-3-5(8)6(9)4(7)2-10-3/h2H,1H3. The molecule has 0 saturated carbocycles. The molecule has 1 heterocycles. The maximum absolute atomic E-state index is 5.70. The maximum Gasteiger partial charge on any atom is 0.0819 e. The first-order valence-corrected chi connectivity index (χ1v) is 3.72. The van der Waals surface area contributed by atoms with Gasteiger partial charge in [0, 0.05) is 6.20 Å². The van der Waals surface area contributed by atoms with Crippen molar-refractivity contribution in [2.75, 3.05) is 0 Å². The number of hydrogen-bond donors (Lipinski definition) is 0. The predicted octanol–water partition coefficient (Wildman–Crippen LogP) is 3.35. The van der Waals surface area contributed by atoms with E-state index in [1.54, 1.807) is 6.92 Å². The molecule has 10 heavy (non-hydrogen) atoms. The summed E-state index contributed by atoms with van der Waals surface area (Å²) >= 11 is 17.0. The van der Waals surface area contributed by atoms with Crippen molar-refractivity contribution >= 4 is 34.8 Å². The normalized spacial score (nSPS) is 10.0. The molecule has 0 spiro atoms. The minimum atomic E-state index is 0.371. The quantitative estimate of drug-likeness (QED) is 0.620. The molecular formula is C6H4Cl3N. The molecule has 0 aromatic carbocycles. The molecule has 0 amide bonds. The molecule has 1 nitrogen and oxygen atoms in total. The van der Waals surface area contributed by atoms with Gasteiger partial charge in [-0.3, -0.25) is 4.98 Å². The first-order valence-electron chi connectivity index (χ1n) is 2.59. The van der Waals surface area contributed by atoms with Crippen molar-refractivity contribution in [3.63, 3.8) is 0 Å². The third kappa shape index (κ3) is 1.36. The third-order valence-corrected chi connectivity index (χ3v) is 2.43. The first-order chi connectivity index (χ1) is 4.63. The van der Waals surface area contributed by atoms with Crippen LogP contribution in [0, 0.1) is 6.92 Å². The van der Waals surface area contributed by atoms with Gasteiger partial charge in [0.25, 0.3) is 0 Å². The van der Waals surface area contributed by atoms with Gasteiger partial charge in [-0.15, -0.1) is 0 Å². The van der Waals surface area contributed by atoms with Crippen molar-refractivity contribution in [2.24, 2.45) is 0 Å². The number of hydrogen-bond acceptors (Lipinski definition) is 1. The molecule has 0 N–H and O–H groups in total. The second-order valence-corrected chi connectivity index (χ2v) is 2.98. The van der Waals surface area contributed by atoms with Gasteiger partial charge in [0.2, 0.25) is 0 Å². The van der Waals surface area contributed by atoms with E-state index in [0.29, 0.717) is 20.8 Å². The SMILES string of the molecule is Cc1ncc(Cl)c(Cl)c1Cl. The first kappa shape index (κ1) is 8.12. The van der Waals surface area contributed by atoms with E-state index in [4.69, 9.17) is 34.8 Å². The number of aromatic nitrogens is 1. The zero-order valence-electron chi connectivity index (χ0n) is 5.16. The van der Waals surface area contributed by atoms with Gasteiger partial charge >= 0.3 is 0 Å². The highest BCUT2D eigenvalue weighted by Crippen LogP contribution is 2.30. The lowest BCUT2D eigenvalue weighted by Gasteiger charge is -1.99. The van der Waals surface area contributed by atoms with Crippen molar-refractivity contribution in [3.8, 4) is 0 Å². The van der Waals surface area contributed by atoms with E-state index in [0.717, 1.165) is 0 Å². The van der Waals surface area contributed by atoms with Crippen LogP contribution in [0.25, 0.3) is 0 Å². The lowest BCUT2D eigenvalue weighted by atomic mass is 10.4. The summed E-state index contributed by atoms with van der Waals surface area (Å²) in [6.45, 7) is 1.77. The van der Waals surface area contributed by atoms with E-state index in [1.165, 1.54) is 6.20 Å². The van der Waals surface area contributed by atoms with Gasteiger partial charge in [-0.05, 0) is 6.92 Å². The second-order valence-electron chi connectivity index (χ2n) is 1.82. The molecule has 1 aromatic heterocycles. The van der Waals surface area contributed by atoms with E-state index < -0.39 is 0 Å². The van der Waals surface area contributed by atoms with Gasteiger partial charge in [0.1, 0.15) is 0 Å². The van der Waals surface area contributed by atoms with Gasteiger partial charge in [-0.25, -0.2) is 0 Å². The Morgan fingerprint density at radius 1 is 1.20 bits per heavy atom. The number of nitrogens with zero attached hydrogens (tertiary/aromatic N) is 1.